The van der Waals surface area contributed by atoms with Crippen molar-refractivity contribution in [3.05, 3.63) is 36.5 Å². The molecule has 4 fully saturated rings. The first-order chi connectivity index (χ1) is 17.9. The van der Waals surface area contributed by atoms with Crippen LogP contribution in [0.5, 0.6) is 0 Å². The molecule has 206 valence electrons. The number of fused-ring (bicyclic) bond motifs is 1. The van der Waals surface area contributed by atoms with Gasteiger partial charge in [-0.3, -0.25) is 14.4 Å². The fraction of sp³-hybridized carbons (Fsp3) is 0.700. The summed E-state index contributed by atoms with van der Waals surface area (Å²) in [6, 6.07) is 1.20. The van der Waals surface area contributed by atoms with E-state index in [1.165, 1.54) is 37.7 Å². The second kappa shape index (κ2) is 14.5. The zero-order valence-corrected chi connectivity index (χ0v) is 22.8. The molecule has 3 N–H and O–H groups in total. The summed E-state index contributed by atoms with van der Waals surface area (Å²) in [6.07, 6.45) is 19.6. The predicted octanol–water partition coefficient (Wildman–Crippen LogP) is 4.10. The van der Waals surface area contributed by atoms with E-state index < -0.39 is 0 Å². The number of amides is 3. The molecule has 0 spiro atoms. The Bertz CT molecular complexity index is 829. The van der Waals surface area contributed by atoms with Gasteiger partial charge < -0.3 is 20.9 Å². The number of likely N-dealkylation sites (tertiary alicyclic amines) is 2. The third-order valence-corrected chi connectivity index (χ3v) is 8.78. The van der Waals surface area contributed by atoms with Crippen molar-refractivity contribution in [1.29, 1.82) is 0 Å². The van der Waals surface area contributed by atoms with Gasteiger partial charge in [-0.15, -0.1) is 0 Å². The van der Waals surface area contributed by atoms with Crippen molar-refractivity contribution in [2.75, 3.05) is 13.1 Å². The van der Waals surface area contributed by atoms with Crippen LogP contribution in [0.1, 0.15) is 84.0 Å². The molecule has 7 heteroatoms. The Hall–Kier alpha value is -2.41. The highest BCUT2D eigenvalue weighted by molar-refractivity contribution is 5.82. The molecule has 3 amide bonds. The highest BCUT2D eigenvalue weighted by atomic mass is 16.2. The maximum absolute atomic E-state index is 12.0. The van der Waals surface area contributed by atoms with Crippen molar-refractivity contribution >= 4 is 18.7 Å². The van der Waals surface area contributed by atoms with Gasteiger partial charge in [0, 0.05) is 25.0 Å². The van der Waals surface area contributed by atoms with E-state index in [2.05, 4.69) is 25.4 Å². The van der Waals surface area contributed by atoms with Crippen LogP contribution in [0, 0.1) is 11.8 Å². The zero-order valence-electron chi connectivity index (χ0n) is 22.8. The van der Waals surface area contributed by atoms with Crippen LogP contribution in [0.2, 0.25) is 0 Å². The van der Waals surface area contributed by atoms with E-state index in [0.717, 1.165) is 82.3 Å². The Labute approximate surface area is 223 Å². The molecule has 37 heavy (non-hydrogen) atoms. The summed E-state index contributed by atoms with van der Waals surface area (Å²) in [5, 5.41) is 2.79. The molecular weight excluding hydrogens is 464 g/mol. The van der Waals surface area contributed by atoms with E-state index >= 15 is 0 Å². The normalized spacial score (nSPS) is 28.1. The Morgan fingerprint density at radius 3 is 2.19 bits per heavy atom. The minimum Gasteiger partial charge on any atom is -0.352 e. The van der Waals surface area contributed by atoms with Crippen LogP contribution in [0.3, 0.4) is 0 Å². The topological polar surface area (TPSA) is 95.7 Å². The highest BCUT2D eigenvalue weighted by Crippen LogP contribution is 2.37. The van der Waals surface area contributed by atoms with Gasteiger partial charge in [-0.05, 0) is 81.8 Å². The van der Waals surface area contributed by atoms with Crippen molar-refractivity contribution in [2.24, 2.45) is 17.6 Å². The van der Waals surface area contributed by atoms with Gasteiger partial charge in [0.2, 0.25) is 18.7 Å². The maximum atomic E-state index is 12.0. The minimum absolute atomic E-state index is 0.136. The largest absolute Gasteiger partial charge is 0.352 e. The molecule has 0 aromatic heterocycles. The van der Waals surface area contributed by atoms with Crippen molar-refractivity contribution in [2.45, 2.75) is 108 Å². The van der Waals surface area contributed by atoms with Crippen LogP contribution in [0.25, 0.3) is 0 Å². The van der Waals surface area contributed by atoms with Gasteiger partial charge in [0.1, 0.15) is 0 Å². The Kier molecular flexibility index (Phi) is 11.4. The number of allylic oxidation sites excluding steroid dienone is 2. The average molecular weight is 513 g/mol. The van der Waals surface area contributed by atoms with Crippen LogP contribution < -0.4 is 11.1 Å². The molecule has 4 atom stereocenters. The SMILES string of the molecule is C=CC1=C(C=C)C(NC=O)CCC1.CC(N)C1CCCCC1.O=CN1CCC2C1CCN2C(=O)C1CC1. The number of hydrogen-bond acceptors (Lipinski definition) is 4. The van der Waals surface area contributed by atoms with Gasteiger partial charge in [0.25, 0.3) is 0 Å². The number of nitrogens with two attached hydrogens (primary N) is 1. The summed E-state index contributed by atoms with van der Waals surface area (Å²) in [5.41, 5.74) is 8.09. The van der Waals surface area contributed by atoms with E-state index in [-0.39, 0.29) is 6.04 Å². The number of nitrogens with zero attached hydrogens (tertiary/aromatic N) is 2. The van der Waals surface area contributed by atoms with E-state index in [9.17, 15) is 14.4 Å². The molecule has 2 aliphatic heterocycles. The summed E-state index contributed by atoms with van der Waals surface area (Å²) in [4.78, 5) is 37.0. The van der Waals surface area contributed by atoms with Crippen molar-refractivity contribution in [3.8, 4) is 0 Å². The standard InChI is InChI=1S/C11H16N2O2.C11H15NO.C8H17N/c14-7-12-5-3-10-9(12)4-6-13(10)11(15)8-1-2-8;1-3-9-6-5-7-11(12-8-13)10(9)4-2;1-7(9)8-5-3-2-4-6-8/h7-10H,1-6H2;3-4,8,11H,1-2,5-7H2,(H,12,13);7-8H,2-6,9H2,1H3. The van der Waals surface area contributed by atoms with Crippen LogP contribution in [0.15, 0.2) is 36.5 Å². The Morgan fingerprint density at radius 2 is 1.65 bits per heavy atom. The number of hydrogen-bond donors (Lipinski definition) is 2. The molecule has 2 heterocycles. The maximum Gasteiger partial charge on any atom is 0.226 e. The fourth-order valence-corrected chi connectivity index (χ4v) is 6.42. The lowest BCUT2D eigenvalue weighted by atomic mass is 9.85. The first-order valence-corrected chi connectivity index (χ1v) is 14.4. The lowest BCUT2D eigenvalue weighted by Gasteiger charge is -2.24. The predicted molar refractivity (Wildman–Crippen MR) is 149 cm³/mol. The lowest BCUT2D eigenvalue weighted by molar-refractivity contribution is -0.133. The third-order valence-electron chi connectivity index (χ3n) is 8.78. The smallest absolute Gasteiger partial charge is 0.226 e. The third kappa shape index (κ3) is 7.79. The van der Waals surface area contributed by atoms with Gasteiger partial charge in [-0.1, -0.05) is 44.6 Å². The Morgan fingerprint density at radius 1 is 0.946 bits per heavy atom. The molecule has 2 saturated heterocycles. The molecule has 0 bridgehead atoms. The summed E-state index contributed by atoms with van der Waals surface area (Å²) >= 11 is 0. The molecule has 3 aliphatic carbocycles. The first kappa shape index (κ1) is 29.2. The van der Waals surface area contributed by atoms with Crippen molar-refractivity contribution < 1.29 is 14.4 Å². The van der Waals surface area contributed by atoms with E-state index in [1.54, 1.807) is 0 Å². The molecule has 2 saturated carbocycles. The van der Waals surface area contributed by atoms with E-state index in [0.29, 0.717) is 30.0 Å². The summed E-state index contributed by atoms with van der Waals surface area (Å²) < 4.78 is 0. The van der Waals surface area contributed by atoms with Crippen LogP contribution in [-0.4, -0.2) is 65.8 Å². The van der Waals surface area contributed by atoms with E-state index in [1.807, 2.05) is 22.0 Å². The molecule has 0 aromatic carbocycles. The second-order valence-corrected chi connectivity index (χ2v) is 11.2. The van der Waals surface area contributed by atoms with Gasteiger partial charge in [0.15, 0.2) is 0 Å². The molecular formula is C30H48N4O3. The molecule has 5 aliphatic rings. The first-order valence-electron chi connectivity index (χ1n) is 14.4. The van der Waals surface area contributed by atoms with Gasteiger partial charge in [0.05, 0.1) is 18.1 Å². The molecule has 0 radical (unpaired) electrons. The molecule has 7 nitrogen and oxygen atoms in total. The van der Waals surface area contributed by atoms with Crippen LogP contribution in [-0.2, 0) is 14.4 Å². The van der Waals surface area contributed by atoms with Gasteiger partial charge in [-0.2, -0.15) is 0 Å². The van der Waals surface area contributed by atoms with Crippen molar-refractivity contribution in [1.82, 2.24) is 15.1 Å². The lowest BCUT2D eigenvalue weighted by Crippen LogP contribution is -2.40. The van der Waals surface area contributed by atoms with Crippen LogP contribution in [0.4, 0.5) is 0 Å². The molecule has 4 unspecified atom stereocenters. The quantitative estimate of drug-likeness (QED) is 0.502. The monoisotopic (exact) mass is 512 g/mol. The highest BCUT2D eigenvalue weighted by Gasteiger charge is 2.46. The number of nitrogens with one attached hydrogen (secondary N) is 1. The fourth-order valence-electron chi connectivity index (χ4n) is 6.42. The minimum atomic E-state index is 0.136. The van der Waals surface area contributed by atoms with E-state index in [4.69, 9.17) is 5.73 Å². The summed E-state index contributed by atoms with van der Waals surface area (Å²) in [6.45, 7) is 11.3. The van der Waals surface area contributed by atoms with Crippen molar-refractivity contribution in [3.63, 3.8) is 0 Å². The zero-order chi connectivity index (χ0) is 26.8. The number of carbonyl (C=O) groups excluding carboxylic acids is 3. The summed E-state index contributed by atoms with van der Waals surface area (Å²) in [5.74, 6) is 1.49. The molecule has 5 rings (SSSR count). The Balaban J connectivity index is 0.000000159. The second-order valence-electron chi connectivity index (χ2n) is 11.2. The van der Waals surface area contributed by atoms with Gasteiger partial charge in [-0.25, -0.2) is 0 Å². The number of rotatable bonds is 7. The van der Waals surface area contributed by atoms with Gasteiger partial charge >= 0.3 is 0 Å². The van der Waals surface area contributed by atoms with Crippen LogP contribution >= 0.6 is 0 Å². The summed E-state index contributed by atoms with van der Waals surface area (Å²) in [7, 11) is 0. The average Bonchev–Trinajstić information content (AvgIpc) is 3.57. The molecule has 0 aromatic rings. The number of carbonyl (C=O) groups is 3.